The number of carbonyl (C=O) groups excluding carboxylic acids is 1. The van der Waals surface area contributed by atoms with E-state index in [0.29, 0.717) is 22.3 Å². The maximum atomic E-state index is 13.6. The zero-order chi connectivity index (χ0) is 18.0. The molecule has 0 saturated carbocycles. The minimum absolute atomic E-state index is 0.346. The standard InChI is InChI=1S/C17H11Cl2F2N3O/c18-11-2-1-10(15(19)5-11)8-24-9-13(7-22-24)23-17(25)14-6-12(20)3-4-16(14)21/h1-7,9H,8H2,(H,23,25). The molecule has 2 aromatic carbocycles. The SMILES string of the molecule is O=C(Nc1cnn(Cc2ccc(Cl)cc2Cl)c1)c1cc(F)ccc1F. The van der Waals surface area contributed by atoms with Gasteiger partial charge < -0.3 is 5.32 Å². The molecule has 1 amide bonds. The predicted octanol–water partition coefficient (Wildman–Crippen LogP) is 4.77. The van der Waals surface area contributed by atoms with E-state index >= 15 is 0 Å². The second-order valence-electron chi connectivity index (χ2n) is 5.24. The zero-order valence-electron chi connectivity index (χ0n) is 12.6. The summed E-state index contributed by atoms with van der Waals surface area (Å²) < 4.78 is 28.3. The van der Waals surface area contributed by atoms with Crippen molar-refractivity contribution >= 4 is 34.8 Å². The van der Waals surface area contributed by atoms with Crippen LogP contribution < -0.4 is 5.32 Å². The number of benzene rings is 2. The molecule has 0 spiro atoms. The van der Waals surface area contributed by atoms with Gasteiger partial charge in [0.15, 0.2) is 0 Å². The molecule has 3 aromatic rings. The van der Waals surface area contributed by atoms with Crippen LogP contribution in [0.15, 0.2) is 48.8 Å². The third-order valence-corrected chi connectivity index (χ3v) is 4.00. The Balaban J connectivity index is 1.73. The average molecular weight is 382 g/mol. The van der Waals surface area contributed by atoms with Crippen molar-refractivity contribution in [2.24, 2.45) is 0 Å². The second-order valence-corrected chi connectivity index (χ2v) is 6.08. The minimum Gasteiger partial charge on any atom is -0.319 e. The first-order chi connectivity index (χ1) is 11.9. The lowest BCUT2D eigenvalue weighted by Crippen LogP contribution is -2.13. The third kappa shape index (κ3) is 4.15. The van der Waals surface area contributed by atoms with E-state index in [4.69, 9.17) is 23.2 Å². The van der Waals surface area contributed by atoms with Gasteiger partial charge in [0.2, 0.25) is 0 Å². The van der Waals surface area contributed by atoms with Crippen LogP contribution in [-0.4, -0.2) is 15.7 Å². The van der Waals surface area contributed by atoms with E-state index in [0.717, 1.165) is 23.8 Å². The number of anilines is 1. The van der Waals surface area contributed by atoms with Crippen molar-refractivity contribution in [2.75, 3.05) is 5.32 Å². The zero-order valence-corrected chi connectivity index (χ0v) is 14.2. The van der Waals surface area contributed by atoms with E-state index in [1.807, 2.05) is 0 Å². The van der Waals surface area contributed by atoms with E-state index in [1.54, 1.807) is 29.1 Å². The molecule has 0 aliphatic heterocycles. The van der Waals surface area contributed by atoms with Gasteiger partial charge in [-0.15, -0.1) is 0 Å². The molecule has 0 aliphatic rings. The predicted molar refractivity (Wildman–Crippen MR) is 92.1 cm³/mol. The van der Waals surface area contributed by atoms with Crippen LogP contribution in [-0.2, 0) is 6.54 Å². The van der Waals surface area contributed by atoms with Gasteiger partial charge in [0.05, 0.1) is 24.0 Å². The van der Waals surface area contributed by atoms with Crippen LogP contribution in [0.25, 0.3) is 0 Å². The van der Waals surface area contributed by atoms with Crippen LogP contribution in [0.1, 0.15) is 15.9 Å². The molecule has 0 unspecified atom stereocenters. The number of nitrogens with one attached hydrogen (secondary N) is 1. The number of carbonyl (C=O) groups is 1. The fraction of sp³-hybridized carbons (Fsp3) is 0.0588. The van der Waals surface area contributed by atoms with Crippen LogP contribution in [0.4, 0.5) is 14.5 Å². The highest BCUT2D eigenvalue weighted by molar-refractivity contribution is 6.35. The van der Waals surface area contributed by atoms with Crippen molar-refractivity contribution in [1.82, 2.24) is 9.78 Å². The van der Waals surface area contributed by atoms with Crippen molar-refractivity contribution in [3.05, 3.63) is 81.6 Å². The van der Waals surface area contributed by atoms with E-state index in [-0.39, 0.29) is 5.56 Å². The Bertz CT molecular complexity index is 943. The van der Waals surface area contributed by atoms with Crippen molar-refractivity contribution in [2.45, 2.75) is 6.54 Å². The average Bonchev–Trinajstić information content (AvgIpc) is 2.99. The summed E-state index contributed by atoms with van der Waals surface area (Å²) in [5.74, 6) is -2.26. The Morgan fingerprint density at radius 3 is 2.72 bits per heavy atom. The van der Waals surface area contributed by atoms with Crippen LogP contribution >= 0.6 is 23.2 Å². The Morgan fingerprint density at radius 1 is 1.16 bits per heavy atom. The normalized spacial score (nSPS) is 10.7. The molecule has 0 aliphatic carbocycles. The Kier molecular flexibility index (Phi) is 5.01. The molecule has 1 N–H and O–H groups in total. The summed E-state index contributed by atoms with van der Waals surface area (Å²) in [6.07, 6.45) is 2.96. The van der Waals surface area contributed by atoms with E-state index in [9.17, 15) is 13.6 Å². The van der Waals surface area contributed by atoms with Gasteiger partial charge in [-0.1, -0.05) is 29.3 Å². The molecule has 1 heterocycles. The summed E-state index contributed by atoms with van der Waals surface area (Å²) in [6, 6.07) is 7.78. The molecular weight excluding hydrogens is 371 g/mol. The topological polar surface area (TPSA) is 46.9 Å². The number of rotatable bonds is 4. The van der Waals surface area contributed by atoms with Crippen LogP contribution in [0, 0.1) is 11.6 Å². The quantitative estimate of drug-likeness (QED) is 0.707. The molecule has 3 rings (SSSR count). The summed E-state index contributed by atoms with van der Waals surface area (Å²) in [5.41, 5.74) is 0.760. The van der Waals surface area contributed by atoms with Crippen molar-refractivity contribution in [1.29, 1.82) is 0 Å². The maximum Gasteiger partial charge on any atom is 0.258 e. The van der Waals surface area contributed by atoms with Crippen molar-refractivity contribution < 1.29 is 13.6 Å². The molecule has 4 nitrogen and oxygen atoms in total. The van der Waals surface area contributed by atoms with Gasteiger partial charge in [0.25, 0.3) is 5.91 Å². The van der Waals surface area contributed by atoms with Gasteiger partial charge in [0, 0.05) is 16.2 Å². The number of hydrogen-bond donors (Lipinski definition) is 1. The summed E-state index contributed by atoms with van der Waals surface area (Å²) in [5, 5.41) is 7.60. The van der Waals surface area contributed by atoms with Crippen molar-refractivity contribution in [3.63, 3.8) is 0 Å². The highest BCUT2D eigenvalue weighted by atomic mass is 35.5. The number of halogens is 4. The molecular formula is C17H11Cl2F2N3O. The third-order valence-electron chi connectivity index (χ3n) is 3.41. The van der Waals surface area contributed by atoms with Crippen LogP contribution in [0.5, 0.6) is 0 Å². The molecule has 128 valence electrons. The molecule has 0 radical (unpaired) electrons. The Morgan fingerprint density at radius 2 is 1.96 bits per heavy atom. The van der Waals surface area contributed by atoms with Gasteiger partial charge in [-0.3, -0.25) is 9.48 Å². The fourth-order valence-corrected chi connectivity index (χ4v) is 2.68. The van der Waals surface area contributed by atoms with Crippen molar-refractivity contribution in [3.8, 4) is 0 Å². The molecule has 1 aromatic heterocycles. The molecule has 0 saturated heterocycles. The van der Waals surface area contributed by atoms with Gasteiger partial charge in [0.1, 0.15) is 11.6 Å². The summed E-state index contributed by atoms with van der Waals surface area (Å²) >= 11 is 12.0. The molecule has 0 bridgehead atoms. The lowest BCUT2D eigenvalue weighted by Gasteiger charge is -2.05. The first kappa shape index (κ1) is 17.4. The van der Waals surface area contributed by atoms with Gasteiger partial charge in [-0.25, -0.2) is 8.78 Å². The first-order valence-electron chi connectivity index (χ1n) is 7.15. The molecule has 0 fully saturated rings. The Hall–Kier alpha value is -2.44. The lowest BCUT2D eigenvalue weighted by atomic mass is 10.2. The van der Waals surface area contributed by atoms with Crippen LogP contribution in [0.3, 0.4) is 0 Å². The monoisotopic (exact) mass is 381 g/mol. The Labute approximate surface area is 152 Å². The highest BCUT2D eigenvalue weighted by Crippen LogP contribution is 2.22. The smallest absolute Gasteiger partial charge is 0.258 e. The largest absolute Gasteiger partial charge is 0.319 e. The minimum atomic E-state index is -0.806. The van der Waals surface area contributed by atoms with Crippen LogP contribution in [0.2, 0.25) is 10.0 Å². The maximum absolute atomic E-state index is 13.6. The summed E-state index contributed by atoms with van der Waals surface area (Å²) in [6.45, 7) is 0.361. The fourth-order valence-electron chi connectivity index (χ4n) is 2.21. The second kappa shape index (κ2) is 7.21. The summed E-state index contributed by atoms with van der Waals surface area (Å²) in [7, 11) is 0. The molecule has 8 heteroatoms. The lowest BCUT2D eigenvalue weighted by molar-refractivity contribution is 0.102. The number of hydrogen-bond acceptors (Lipinski definition) is 2. The summed E-state index contributed by atoms with van der Waals surface area (Å²) in [4.78, 5) is 12.1. The van der Waals surface area contributed by atoms with E-state index in [2.05, 4.69) is 10.4 Å². The molecule has 25 heavy (non-hydrogen) atoms. The van der Waals surface area contributed by atoms with Gasteiger partial charge in [-0.05, 0) is 35.9 Å². The number of amides is 1. The van der Waals surface area contributed by atoms with Gasteiger partial charge >= 0.3 is 0 Å². The first-order valence-corrected chi connectivity index (χ1v) is 7.91. The number of nitrogens with zero attached hydrogens (tertiary/aromatic N) is 2. The van der Waals surface area contributed by atoms with E-state index in [1.165, 1.54) is 6.20 Å². The molecule has 0 atom stereocenters. The van der Waals surface area contributed by atoms with Gasteiger partial charge in [-0.2, -0.15) is 5.10 Å². The highest BCUT2D eigenvalue weighted by Gasteiger charge is 2.14. The number of aromatic nitrogens is 2. The van der Waals surface area contributed by atoms with E-state index < -0.39 is 17.5 Å².